The van der Waals surface area contributed by atoms with Crippen LogP contribution in [-0.2, 0) is 0 Å². The lowest BCUT2D eigenvalue weighted by Gasteiger charge is -2.25. The molecule has 2 aromatic rings. The van der Waals surface area contributed by atoms with Gasteiger partial charge in [0.05, 0.1) is 25.3 Å². The molecule has 6 nitrogen and oxygen atoms in total. The van der Waals surface area contributed by atoms with Crippen molar-refractivity contribution in [2.75, 3.05) is 27.4 Å². The van der Waals surface area contributed by atoms with Crippen LogP contribution in [0.15, 0.2) is 30.3 Å². The first-order valence-electron chi connectivity index (χ1n) is 9.06. The van der Waals surface area contributed by atoms with Crippen LogP contribution in [0.3, 0.4) is 0 Å². The van der Waals surface area contributed by atoms with E-state index in [9.17, 15) is 4.79 Å². The van der Waals surface area contributed by atoms with E-state index in [0.717, 1.165) is 11.3 Å². The van der Waals surface area contributed by atoms with Gasteiger partial charge in [0.2, 0.25) is 0 Å². The van der Waals surface area contributed by atoms with Crippen LogP contribution in [0.1, 0.15) is 35.8 Å². The molecule has 0 unspecified atom stereocenters. The fourth-order valence-corrected chi connectivity index (χ4v) is 3.45. The highest BCUT2D eigenvalue weighted by atomic mass is 35.5. The number of ether oxygens (including phenoxy) is 4. The molecular formula is C21H24ClNO5. The molecule has 0 saturated carbocycles. The van der Waals surface area contributed by atoms with Crippen molar-refractivity contribution < 1.29 is 23.7 Å². The molecular weight excluding hydrogens is 382 g/mol. The summed E-state index contributed by atoms with van der Waals surface area (Å²) >= 11 is 6.24. The number of hydrogen-bond donors (Lipinski definition) is 1. The second-order valence-electron chi connectivity index (χ2n) is 6.79. The van der Waals surface area contributed by atoms with E-state index >= 15 is 0 Å². The maximum absolute atomic E-state index is 12.9. The molecule has 1 aliphatic heterocycles. The molecule has 0 aliphatic carbocycles. The summed E-state index contributed by atoms with van der Waals surface area (Å²) in [5.41, 5.74) is 1.34. The van der Waals surface area contributed by atoms with Crippen LogP contribution < -0.4 is 24.3 Å². The number of benzene rings is 2. The van der Waals surface area contributed by atoms with Crippen molar-refractivity contribution in [2.45, 2.75) is 19.9 Å². The van der Waals surface area contributed by atoms with Crippen LogP contribution in [0.5, 0.6) is 23.0 Å². The Morgan fingerprint density at radius 1 is 1.07 bits per heavy atom. The van der Waals surface area contributed by atoms with Crippen LogP contribution in [-0.4, -0.2) is 33.3 Å². The number of methoxy groups -OCH3 is 2. The van der Waals surface area contributed by atoms with Crippen LogP contribution in [0.25, 0.3) is 0 Å². The molecule has 1 amide bonds. The Hall–Kier alpha value is -2.60. The number of rotatable bonds is 6. The van der Waals surface area contributed by atoms with Crippen molar-refractivity contribution in [3.63, 3.8) is 0 Å². The van der Waals surface area contributed by atoms with Crippen molar-refractivity contribution in [3.05, 3.63) is 46.5 Å². The summed E-state index contributed by atoms with van der Waals surface area (Å²) < 4.78 is 21.8. The van der Waals surface area contributed by atoms with Crippen LogP contribution in [0.4, 0.5) is 0 Å². The molecule has 2 aromatic carbocycles. The third-order valence-electron chi connectivity index (χ3n) is 4.57. The molecule has 1 aliphatic rings. The van der Waals surface area contributed by atoms with Gasteiger partial charge in [-0.2, -0.15) is 0 Å². The number of amides is 1. The minimum atomic E-state index is -0.253. The highest BCUT2D eigenvalue weighted by Crippen LogP contribution is 2.37. The fourth-order valence-electron chi connectivity index (χ4n) is 3.16. The SMILES string of the molecule is COc1cc(C(=O)N[C@H](c2ccc3c(c2)OCCO3)C(C)C)cc(Cl)c1OC. The van der Waals surface area contributed by atoms with Gasteiger partial charge in [0, 0.05) is 5.56 Å². The van der Waals surface area contributed by atoms with Gasteiger partial charge >= 0.3 is 0 Å². The maximum Gasteiger partial charge on any atom is 0.251 e. The average molecular weight is 406 g/mol. The van der Waals surface area contributed by atoms with Gasteiger partial charge in [0.1, 0.15) is 13.2 Å². The fraction of sp³-hybridized carbons (Fsp3) is 0.381. The zero-order valence-electron chi connectivity index (χ0n) is 16.4. The largest absolute Gasteiger partial charge is 0.493 e. The van der Waals surface area contributed by atoms with E-state index in [2.05, 4.69) is 5.32 Å². The van der Waals surface area contributed by atoms with E-state index in [1.54, 1.807) is 12.1 Å². The normalized spacial score (nSPS) is 13.8. The monoisotopic (exact) mass is 405 g/mol. The van der Waals surface area contributed by atoms with Gasteiger partial charge in [0.15, 0.2) is 23.0 Å². The zero-order valence-corrected chi connectivity index (χ0v) is 17.1. The number of carbonyl (C=O) groups excluding carboxylic acids is 1. The standard InChI is InChI=1S/C21H24ClNO5/c1-12(2)19(13-5-6-16-17(10-13)28-8-7-27-16)23-21(24)14-9-15(22)20(26-4)18(11-14)25-3/h5-6,9-12,19H,7-8H2,1-4H3,(H,23,24)/t19-/m0/s1. The average Bonchev–Trinajstić information content (AvgIpc) is 2.70. The van der Waals surface area contributed by atoms with Gasteiger partial charge < -0.3 is 24.3 Å². The smallest absolute Gasteiger partial charge is 0.251 e. The highest BCUT2D eigenvalue weighted by Gasteiger charge is 2.23. The summed E-state index contributed by atoms with van der Waals surface area (Å²) in [6.07, 6.45) is 0. The van der Waals surface area contributed by atoms with Gasteiger partial charge in [-0.1, -0.05) is 31.5 Å². The molecule has 0 spiro atoms. The van der Waals surface area contributed by atoms with Crippen molar-refractivity contribution in [3.8, 4) is 23.0 Å². The molecule has 0 fully saturated rings. The first kappa shape index (κ1) is 20.1. The maximum atomic E-state index is 12.9. The Kier molecular flexibility index (Phi) is 6.19. The lowest BCUT2D eigenvalue weighted by atomic mass is 9.95. The van der Waals surface area contributed by atoms with Gasteiger partial charge in [-0.15, -0.1) is 0 Å². The van der Waals surface area contributed by atoms with Gasteiger partial charge in [0.25, 0.3) is 5.91 Å². The van der Waals surface area contributed by atoms with Crippen LogP contribution >= 0.6 is 11.6 Å². The van der Waals surface area contributed by atoms with Crippen molar-refractivity contribution in [1.29, 1.82) is 0 Å². The molecule has 0 bridgehead atoms. The Bertz CT molecular complexity index is 868. The predicted octanol–water partition coefficient (Wildman–Crippen LogP) is 4.26. The van der Waals surface area contributed by atoms with Gasteiger partial charge in [-0.05, 0) is 35.7 Å². The van der Waals surface area contributed by atoms with Gasteiger partial charge in [-0.25, -0.2) is 0 Å². The highest BCUT2D eigenvalue weighted by molar-refractivity contribution is 6.32. The number of hydrogen-bond acceptors (Lipinski definition) is 5. The van der Waals surface area contributed by atoms with E-state index in [4.69, 9.17) is 30.5 Å². The summed E-state index contributed by atoms with van der Waals surface area (Å²) in [6.45, 7) is 5.14. The lowest BCUT2D eigenvalue weighted by Crippen LogP contribution is -2.32. The summed E-state index contributed by atoms with van der Waals surface area (Å²) in [6, 6.07) is 8.70. The Labute approximate surface area is 169 Å². The van der Waals surface area contributed by atoms with E-state index in [0.29, 0.717) is 41.0 Å². The lowest BCUT2D eigenvalue weighted by molar-refractivity contribution is 0.0925. The summed E-state index contributed by atoms with van der Waals surface area (Å²) in [7, 11) is 3.00. The molecule has 1 heterocycles. The van der Waals surface area contributed by atoms with Crippen molar-refractivity contribution >= 4 is 17.5 Å². The molecule has 0 aromatic heterocycles. The molecule has 150 valence electrons. The van der Waals surface area contributed by atoms with Crippen molar-refractivity contribution in [2.24, 2.45) is 5.92 Å². The van der Waals surface area contributed by atoms with Crippen molar-refractivity contribution in [1.82, 2.24) is 5.32 Å². The van der Waals surface area contributed by atoms with E-state index in [-0.39, 0.29) is 17.9 Å². The quantitative estimate of drug-likeness (QED) is 0.778. The molecule has 7 heteroatoms. The Morgan fingerprint density at radius 2 is 1.79 bits per heavy atom. The third kappa shape index (κ3) is 4.12. The molecule has 1 atom stereocenters. The topological polar surface area (TPSA) is 66.0 Å². The van der Waals surface area contributed by atoms with E-state index in [1.807, 2.05) is 32.0 Å². The summed E-state index contributed by atoms with van der Waals surface area (Å²) in [4.78, 5) is 12.9. The molecule has 0 saturated heterocycles. The summed E-state index contributed by atoms with van der Waals surface area (Å²) in [5.74, 6) is 2.11. The minimum Gasteiger partial charge on any atom is -0.493 e. The Balaban J connectivity index is 1.87. The van der Waals surface area contributed by atoms with E-state index < -0.39 is 0 Å². The Morgan fingerprint density at radius 3 is 2.43 bits per heavy atom. The number of nitrogens with one attached hydrogen (secondary N) is 1. The zero-order chi connectivity index (χ0) is 20.3. The molecule has 3 rings (SSSR count). The predicted molar refractivity (Wildman–Crippen MR) is 107 cm³/mol. The summed E-state index contributed by atoms with van der Waals surface area (Å²) in [5, 5.41) is 3.39. The first-order chi connectivity index (χ1) is 13.4. The second kappa shape index (κ2) is 8.61. The number of carbonyl (C=O) groups is 1. The third-order valence-corrected chi connectivity index (χ3v) is 4.86. The first-order valence-corrected chi connectivity index (χ1v) is 9.44. The number of halogens is 1. The second-order valence-corrected chi connectivity index (χ2v) is 7.20. The van der Waals surface area contributed by atoms with Gasteiger partial charge in [-0.3, -0.25) is 4.79 Å². The van der Waals surface area contributed by atoms with Crippen LogP contribution in [0.2, 0.25) is 5.02 Å². The molecule has 1 N–H and O–H groups in total. The van der Waals surface area contributed by atoms with Crippen LogP contribution in [0, 0.1) is 5.92 Å². The number of fused-ring (bicyclic) bond motifs is 1. The molecule has 28 heavy (non-hydrogen) atoms. The molecule has 0 radical (unpaired) electrons. The minimum absolute atomic E-state index is 0.155. The van der Waals surface area contributed by atoms with E-state index in [1.165, 1.54) is 14.2 Å².